The van der Waals surface area contributed by atoms with Crippen molar-refractivity contribution in [2.75, 3.05) is 18.9 Å². The van der Waals surface area contributed by atoms with Gasteiger partial charge in [0.1, 0.15) is 5.84 Å². The zero-order valence-corrected chi connectivity index (χ0v) is 19.6. The minimum atomic E-state index is -3.86. The molecule has 0 radical (unpaired) electrons. The van der Waals surface area contributed by atoms with Crippen molar-refractivity contribution in [1.29, 1.82) is 0 Å². The number of anilines is 1. The Hall–Kier alpha value is -3.17. The van der Waals surface area contributed by atoms with E-state index in [1.807, 2.05) is 30.1 Å². The maximum absolute atomic E-state index is 12.7. The van der Waals surface area contributed by atoms with Gasteiger partial charge in [-0.1, -0.05) is 29.8 Å². The highest BCUT2D eigenvalue weighted by Gasteiger charge is 2.20. The molecule has 0 saturated carbocycles. The number of aromatic nitrogens is 1. The number of nitrogens with one attached hydrogen (secondary N) is 1. The molecule has 8 nitrogen and oxygen atoms in total. The summed E-state index contributed by atoms with van der Waals surface area (Å²) in [4.78, 5) is 18.5. The van der Waals surface area contributed by atoms with E-state index < -0.39 is 10.0 Å². The van der Waals surface area contributed by atoms with Crippen LogP contribution in [-0.2, 0) is 21.2 Å². The second kappa shape index (κ2) is 9.76. The molecular formula is C23H23ClN4O4S. The molecule has 0 bridgehead atoms. The van der Waals surface area contributed by atoms with Crippen molar-refractivity contribution in [3.8, 4) is 11.3 Å². The highest BCUT2D eigenvalue weighted by Crippen LogP contribution is 2.28. The van der Waals surface area contributed by atoms with E-state index in [0.29, 0.717) is 34.6 Å². The summed E-state index contributed by atoms with van der Waals surface area (Å²) in [5.41, 5.74) is 1.11. The fraction of sp³-hybridized carbons (Fsp3) is 0.261. The molecule has 1 N–H and O–H groups in total. The fourth-order valence-corrected chi connectivity index (χ4v) is 4.86. The largest absolute Gasteiger partial charge is 0.441 e. The van der Waals surface area contributed by atoms with Gasteiger partial charge in [0.15, 0.2) is 11.7 Å². The van der Waals surface area contributed by atoms with Gasteiger partial charge < -0.3 is 14.6 Å². The number of rotatable bonds is 7. The minimum Gasteiger partial charge on any atom is -0.441 e. The number of amidine groups is 1. The van der Waals surface area contributed by atoms with Crippen molar-refractivity contribution < 1.29 is 17.6 Å². The Morgan fingerprint density at radius 1 is 1.24 bits per heavy atom. The maximum Gasteiger partial charge on any atom is 0.284 e. The number of oxazole rings is 1. The molecule has 2 aromatic carbocycles. The SMILES string of the molecule is CN1CCCC1=NS(=O)(=O)c1cccc(NC(=O)CCc2ncc(-c3ccccc3Cl)o2)c1. The Bertz CT molecular complexity index is 1300. The van der Waals surface area contributed by atoms with Crippen molar-refractivity contribution in [2.24, 2.45) is 4.40 Å². The van der Waals surface area contributed by atoms with Crippen LogP contribution in [0.3, 0.4) is 0 Å². The second-order valence-corrected chi connectivity index (χ2v) is 9.69. The number of carbonyl (C=O) groups is 1. The molecule has 33 heavy (non-hydrogen) atoms. The lowest BCUT2D eigenvalue weighted by atomic mass is 10.2. The third-order valence-corrected chi connectivity index (χ3v) is 6.86. The van der Waals surface area contributed by atoms with E-state index in [4.69, 9.17) is 16.0 Å². The molecule has 10 heteroatoms. The summed E-state index contributed by atoms with van der Waals surface area (Å²) in [5, 5.41) is 3.28. The molecule has 1 aromatic heterocycles. The number of benzene rings is 2. The second-order valence-electron chi connectivity index (χ2n) is 7.68. The van der Waals surface area contributed by atoms with Crippen LogP contribution in [0.15, 0.2) is 68.4 Å². The van der Waals surface area contributed by atoms with Crippen molar-refractivity contribution in [1.82, 2.24) is 9.88 Å². The molecule has 0 aliphatic carbocycles. The molecule has 1 saturated heterocycles. The summed E-state index contributed by atoms with van der Waals surface area (Å²) in [6.07, 6.45) is 3.49. The average Bonchev–Trinajstić information content (AvgIpc) is 3.42. The summed E-state index contributed by atoms with van der Waals surface area (Å²) in [7, 11) is -2.04. The van der Waals surface area contributed by atoms with E-state index in [-0.39, 0.29) is 23.6 Å². The van der Waals surface area contributed by atoms with E-state index in [1.54, 1.807) is 24.4 Å². The van der Waals surface area contributed by atoms with Gasteiger partial charge >= 0.3 is 0 Å². The molecule has 2 heterocycles. The fourth-order valence-electron chi connectivity index (χ4n) is 3.49. The smallest absolute Gasteiger partial charge is 0.284 e. The Morgan fingerprint density at radius 2 is 2.06 bits per heavy atom. The number of amides is 1. The Balaban J connectivity index is 1.38. The number of likely N-dealkylation sites (tertiary alicyclic amines) is 1. The van der Waals surface area contributed by atoms with E-state index in [2.05, 4.69) is 14.7 Å². The third-order valence-electron chi connectivity index (χ3n) is 5.23. The lowest BCUT2D eigenvalue weighted by molar-refractivity contribution is -0.116. The molecule has 1 aliphatic rings. The van der Waals surface area contributed by atoms with E-state index in [1.165, 1.54) is 12.1 Å². The summed E-state index contributed by atoms with van der Waals surface area (Å²) in [6, 6.07) is 13.4. The van der Waals surface area contributed by atoms with Crippen molar-refractivity contribution in [2.45, 2.75) is 30.6 Å². The number of hydrogen-bond acceptors (Lipinski definition) is 5. The van der Waals surface area contributed by atoms with Gasteiger partial charge in [0, 0.05) is 44.1 Å². The Morgan fingerprint density at radius 3 is 2.82 bits per heavy atom. The monoisotopic (exact) mass is 486 g/mol. The number of carbonyl (C=O) groups excluding carboxylic acids is 1. The molecule has 0 spiro atoms. The minimum absolute atomic E-state index is 0.0326. The van der Waals surface area contributed by atoms with E-state index in [9.17, 15) is 13.2 Å². The number of hydrogen-bond donors (Lipinski definition) is 1. The van der Waals surface area contributed by atoms with Crippen LogP contribution in [0.25, 0.3) is 11.3 Å². The van der Waals surface area contributed by atoms with Crippen LogP contribution in [0.2, 0.25) is 5.02 Å². The third kappa shape index (κ3) is 5.61. The van der Waals surface area contributed by atoms with Crippen LogP contribution >= 0.6 is 11.6 Å². The van der Waals surface area contributed by atoms with Gasteiger partial charge in [-0.25, -0.2) is 4.98 Å². The van der Waals surface area contributed by atoms with Gasteiger partial charge in [0.05, 0.1) is 16.1 Å². The number of sulfonamides is 1. The van der Waals surface area contributed by atoms with Gasteiger partial charge in [-0.3, -0.25) is 4.79 Å². The summed E-state index contributed by atoms with van der Waals surface area (Å²) in [6.45, 7) is 0.787. The average molecular weight is 487 g/mol. The van der Waals surface area contributed by atoms with Crippen LogP contribution in [0, 0.1) is 0 Å². The maximum atomic E-state index is 12.7. The predicted molar refractivity (Wildman–Crippen MR) is 127 cm³/mol. The standard InChI is InChI=1S/C23H23ClN4O4S/c1-28-13-5-10-21(28)27-33(30,31)17-7-4-6-16(14-17)26-22(29)11-12-23-25-15-20(32-23)18-8-2-3-9-19(18)24/h2-4,6-9,14-15H,5,10-13H2,1H3,(H,26,29). The van der Waals surface area contributed by atoms with Crippen LogP contribution in [0.4, 0.5) is 5.69 Å². The zero-order chi connectivity index (χ0) is 23.4. The van der Waals surface area contributed by atoms with Crippen LogP contribution in [-0.4, -0.2) is 43.6 Å². The predicted octanol–water partition coefficient (Wildman–Crippen LogP) is 4.38. The lowest BCUT2D eigenvalue weighted by Gasteiger charge is -2.11. The molecule has 1 fully saturated rings. The van der Waals surface area contributed by atoms with Gasteiger partial charge in [-0.2, -0.15) is 8.42 Å². The van der Waals surface area contributed by atoms with Gasteiger partial charge in [0.2, 0.25) is 5.91 Å². The van der Waals surface area contributed by atoms with Crippen LogP contribution < -0.4 is 5.32 Å². The molecule has 4 rings (SSSR count). The van der Waals surface area contributed by atoms with Gasteiger partial charge in [0.25, 0.3) is 10.0 Å². The van der Waals surface area contributed by atoms with Crippen molar-refractivity contribution in [3.05, 3.63) is 65.6 Å². The lowest BCUT2D eigenvalue weighted by Crippen LogP contribution is -2.20. The van der Waals surface area contributed by atoms with Gasteiger partial charge in [-0.15, -0.1) is 4.40 Å². The Labute approximate surface area is 197 Å². The molecule has 3 aromatic rings. The first-order valence-corrected chi connectivity index (χ1v) is 12.3. The zero-order valence-electron chi connectivity index (χ0n) is 18.0. The Kier molecular flexibility index (Phi) is 6.80. The molecule has 172 valence electrons. The van der Waals surface area contributed by atoms with Gasteiger partial charge in [-0.05, 0) is 36.8 Å². The topological polar surface area (TPSA) is 105 Å². The number of halogens is 1. The molecule has 1 amide bonds. The highest BCUT2D eigenvalue weighted by molar-refractivity contribution is 7.90. The first kappa shape index (κ1) is 23.0. The highest BCUT2D eigenvalue weighted by atomic mass is 35.5. The van der Waals surface area contributed by atoms with Crippen LogP contribution in [0.1, 0.15) is 25.2 Å². The van der Waals surface area contributed by atoms with Crippen molar-refractivity contribution >= 4 is 39.1 Å². The molecule has 0 atom stereocenters. The first-order chi connectivity index (χ1) is 15.8. The number of nitrogens with zero attached hydrogens (tertiary/aromatic N) is 3. The summed E-state index contributed by atoms with van der Waals surface area (Å²) < 4.78 is 35.0. The number of aryl methyl sites for hydroxylation is 1. The van der Waals surface area contributed by atoms with Crippen LogP contribution in [0.5, 0.6) is 0 Å². The quantitative estimate of drug-likeness (QED) is 0.531. The normalized spacial score (nSPS) is 15.2. The molecule has 0 unspecified atom stereocenters. The molecule has 1 aliphatic heterocycles. The summed E-state index contributed by atoms with van der Waals surface area (Å²) in [5.74, 6) is 1.20. The molecular weight excluding hydrogens is 464 g/mol. The van der Waals surface area contributed by atoms with Crippen molar-refractivity contribution in [3.63, 3.8) is 0 Å². The summed E-state index contributed by atoms with van der Waals surface area (Å²) >= 11 is 6.18. The van der Waals surface area contributed by atoms with E-state index >= 15 is 0 Å². The first-order valence-electron chi connectivity index (χ1n) is 10.5. The van der Waals surface area contributed by atoms with E-state index in [0.717, 1.165) is 18.5 Å².